The summed E-state index contributed by atoms with van der Waals surface area (Å²) in [4.78, 5) is 9.61. The number of rotatable bonds is 5. The minimum atomic E-state index is 0.472. The van der Waals surface area contributed by atoms with Gasteiger partial charge in [-0.25, -0.2) is 0 Å². The number of aromatic nitrogens is 2. The van der Waals surface area contributed by atoms with Crippen LogP contribution in [0.2, 0.25) is 0 Å². The molecule has 0 aromatic carbocycles. The van der Waals surface area contributed by atoms with Crippen molar-refractivity contribution in [3.63, 3.8) is 0 Å². The van der Waals surface area contributed by atoms with Crippen molar-refractivity contribution in [2.75, 3.05) is 13.6 Å². The molecule has 0 saturated carbocycles. The third-order valence-corrected chi connectivity index (χ3v) is 3.38. The molecule has 0 spiro atoms. The third-order valence-electron chi connectivity index (χ3n) is 2.44. The predicted molar refractivity (Wildman–Crippen MR) is 75.3 cm³/mol. The third kappa shape index (κ3) is 4.36. The molecule has 2 heterocycles. The second-order valence-electron chi connectivity index (χ2n) is 3.92. The molecular formula is C12H17N5OS. The molecule has 2 aromatic heterocycles. The first kappa shape index (κ1) is 13.5. The van der Waals surface area contributed by atoms with Gasteiger partial charge in [-0.15, -0.1) is 11.3 Å². The molecule has 0 aliphatic heterocycles. The average Bonchev–Trinajstić information content (AvgIpc) is 3.05. The lowest BCUT2D eigenvalue weighted by atomic mass is 10.3. The van der Waals surface area contributed by atoms with E-state index in [4.69, 9.17) is 4.52 Å². The van der Waals surface area contributed by atoms with Gasteiger partial charge in [0.2, 0.25) is 5.89 Å². The fourth-order valence-corrected chi connectivity index (χ4v) is 2.26. The fourth-order valence-electron chi connectivity index (χ4n) is 1.55. The zero-order valence-electron chi connectivity index (χ0n) is 11.0. The van der Waals surface area contributed by atoms with Crippen molar-refractivity contribution in [1.29, 1.82) is 0 Å². The Hall–Kier alpha value is -1.89. The van der Waals surface area contributed by atoms with Crippen LogP contribution in [0.4, 0.5) is 0 Å². The Morgan fingerprint density at radius 2 is 2.37 bits per heavy atom. The van der Waals surface area contributed by atoms with Crippen LogP contribution >= 0.6 is 11.3 Å². The summed E-state index contributed by atoms with van der Waals surface area (Å²) < 4.78 is 5.02. The Morgan fingerprint density at radius 3 is 3.00 bits per heavy atom. The molecule has 0 aliphatic rings. The molecule has 0 saturated heterocycles. The summed E-state index contributed by atoms with van der Waals surface area (Å²) in [5.41, 5.74) is 0. The molecule has 0 amide bonds. The Bertz CT molecular complexity index is 520. The van der Waals surface area contributed by atoms with Crippen molar-refractivity contribution < 1.29 is 4.52 Å². The van der Waals surface area contributed by atoms with Gasteiger partial charge < -0.3 is 15.2 Å². The molecule has 2 rings (SSSR count). The van der Waals surface area contributed by atoms with Gasteiger partial charge in [-0.1, -0.05) is 11.2 Å². The highest BCUT2D eigenvalue weighted by Gasteiger charge is 2.04. The van der Waals surface area contributed by atoms with E-state index >= 15 is 0 Å². The molecule has 2 aromatic rings. The van der Waals surface area contributed by atoms with Crippen LogP contribution in [-0.4, -0.2) is 29.7 Å². The van der Waals surface area contributed by atoms with E-state index in [2.05, 4.69) is 43.3 Å². The van der Waals surface area contributed by atoms with Crippen LogP contribution in [-0.2, 0) is 13.0 Å². The summed E-state index contributed by atoms with van der Waals surface area (Å²) in [6, 6.07) is 4.19. The van der Waals surface area contributed by atoms with E-state index in [-0.39, 0.29) is 0 Å². The first-order valence-corrected chi connectivity index (χ1v) is 6.92. The lowest BCUT2D eigenvalue weighted by molar-refractivity contribution is 0.371. The normalized spacial score (nSPS) is 11.6. The van der Waals surface area contributed by atoms with Crippen molar-refractivity contribution in [1.82, 2.24) is 20.8 Å². The lowest BCUT2D eigenvalue weighted by Gasteiger charge is -2.09. The van der Waals surface area contributed by atoms with Crippen LogP contribution in [0.3, 0.4) is 0 Å². The topological polar surface area (TPSA) is 75.3 Å². The number of aryl methyl sites for hydroxylation is 1. The van der Waals surface area contributed by atoms with Gasteiger partial charge in [-0.3, -0.25) is 4.99 Å². The number of nitrogens with zero attached hydrogens (tertiary/aromatic N) is 3. The maximum Gasteiger partial charge on any atom is 0.246 e. The molecule has 102 valence electrons. The van der Waals surface area contributed by atoms with Crippen LogP contribution in [0.1, 0.15) is 16.6 Å². The van der Waals surface area contributed by atoms with E-state index in [1.54, 1.807) is 25.3 Å². The van der Waals surface area contributed by atoms with Crippen molar-refractivity contribution in [2.45, 2.75) is 19.9 Å². The van der Waals surface area contributed by atoms with Crippen molar-refractivity contribution in [2.24, 2.45) is 4.99 Å². The van der Waals surface area contributed by atoms with Crippen molar-refractivity contribution in [3.05, 3.63) is 34.1 Å². The average molecular weight is 279 g/mol. The summed E-state index contributed by atoms with van der Waals surface area (Å²) in [5.74, 6) is 1.92. The first-order valence-electron chi connectivity index (χ1n) is 6.04. The zero-order valence-corrected chi connectivity index (χ0v) is 11.8. The SMILES string of the molecule is CN=C(NCCc1cccs1)NCc1nc(C)no1. The van der Waals surface area contributed by atoms with Crippen molar-refractivity contribution >= 4 is 17.3 Å². The van der Waals surface area contributed by atoms with E-state index in [0.29, 0.717) is 18.3 Å². The lowest BCUT2D eigenvalue weighted by Crippen LogP contribution is -2.37. The van der Waals surface area contributed by atoms with Gasteiger partial charge in [-0.2, -0.15) is 4.98 Å². The van der Waals surface area contributed by atoms with Crippen molar-refractivity contribution in [3.8, 4) is 0 Å². The smallest absolute Gasteiger partial charge is 0.246 e. The molecule has 0 fully saturated rings. The number of guanidine groups is 1. The summed E-state index contributed by atoms with van der Waals surface area (Å²) in [7, 11) is 1.74. The van der Waals surface area contributed by atoms with E-state index < -0.39 is 0 Å². The Morgan fingerprint density at radius 1 is 1.47 bits per heavy atom. The van der Waals surface area contributed by atoms with Gasteiger partial charge >= 0.3 is 0 Å². The van der Waals surface area contributed by atoms with Gasteiger partial charge in [0.25, 0.3) is 0 Å². The first-order chi connectivity index (χ1) is 9.28. The molecular weight excluding hydrogens is 262 g/mol. The number of nitrogens with one attached hydrogen (secondary N) is 2. The monoisotopic (exact) mass is 279 g/mol. The highest BCUT2D eigenvalue weighted by Crippen LogP contribution is 2.07. The maximum absolute atomic E-state index is 5.02. The Labute approximate surface area is 115 Å². The number of aliphatic imine (C=N–C) groups is 1. The second-order valence-corrected chi connectivity index (χ2v) is 4.95. The van der Waals surface area contributed by atoms with Gasteiger partial charge in [0, 0.05) is 18.5 Å². The Balaban J connectivity index is 1.71. The van der Waals surface area contributed by atoms with E-state index in [1.165, 1.54) is 4.88 Å². The number of thiophene rings is 1. The number of hydrogen-bond donors (Lipinski definition) is 2. The predicted octanol–water partition coefficient (Wildman–Crippen LogP) is 1.35. The molecule has 6 nitrogen and oxygen atoms in total. The summed E-state index contributed by atoms with van der Waals surface area (Å²) in [5, 5.41) is 12.2. The van der Waals surface area contributed by atoms with Crippen LogP contribution in [0.25, 0.3) is 0 Å². The molecule has 19 heavy (non-hydrogen) atoms. The van der Waals surface area contributed by atoms with Crippen LogP contribution in [0.15, 0.2) is 27.0 Å². The molecule has 0 aliphatic carbocycles. The zero-order chi connectivity index (χ0) is 13.5. The van der Waals surface area contributed by atoms with Crippen LogP contribution < -0.4 is 10.6 Å². The molecule has 0 atom stereocenters. The Kier molecular flexibility index (Phi) is 4.91. The fraction of sp³-hybridized carbons (Fsp3) is 0.417. The maximum atomic E-state index is 5.02. The van der Waals surface area contributed by atoms with Gasteiger partial charge in [0.15, 0.2) is 11.8 Å². The van der Waals surface area contributed by atoms with E-state index in [0.717, 1.165) is 18.9 Å². The second kappa shape index (κ2) is 6.89. The molecule has 2 N–H and O–H groups in total. The largest absolute Gasteiger partial charge is 0.356 e. The molecule has 0 bridgehead atoms. The molecule has 0 radical (unpaired) electrons. The highest BCUT2D eigenvalue weighted by atomic mass is 32.1. The van der Waals surface area contributed by atoms with Crippen LogP contribution in [0, 0.1) is 6.92 Å². The molecule has 7 heteroatoms. The van der Waals surface area contributed by atoms with Gasteiger partial charge in [-0.05, 0) is 24.8 Å². The number of hydrogen-bond acceptors (Lipinski definition) is 5. The molecule has 0 unspecified atom stereocenters. The summed E-state index contributed by atoms with van der Waals surface area (Å²) in [6.07, 6.45) is 0.984. The minimum absolute atomic E-state index is 0.472. The van der Waals surface area contributed by atoms with Gasteiger partial charge in [0.05, 0.1) is 6.54 Å². The van der Waals surface area contributed by atoms with Crippen LogP contribution in [0.5, 0.6) is 0 Å². The summed E-state index contributed by atoms with van der Waals surface area (Å²) >= 11 is 1.76. The van der Waals surface area contributed by atoms with E-state index in [1.807, 2.05) is 0 Å². The quantitative estimate of drug-likeness (QED) is 0.638. The summed E-state index contributed by atoms with van der Waals surface area (Å²) in [6.45, 7) is 3.10. The minimum Gasteiger partial charge on any atom is -0.356 e. The highest BCUT2D eigenvalue weighted by molar-refractivity contribution is 7.09. The van der Waals surface area contributed by atoms with Gasteiger partial charge in [0.1, 0.15) is 0 Å². The van der Waals surface area contributed by atoms with E-state index in [9.17, 15) is 0 Å². The standard InChI is InChI=1S/C12H17N5OS/c1-9-16-11(18-17-9)8-15-12(13-2)14-6-5-10-4-3-7-19-10/h3-4,7H,5-6,8H2,1-2H3,(H2,13,14,15).